The fourth-order valence-electron chi connectivity index (χ4n) is 1.77. The van der Waals surface area contributed by atoms with Gasteiger partial charge in [-0.25, -0.2) is 0 Å². The summed E-state index contributed by atoms with van der Waals surface area (Å²) < 4.78 is 0. The van der Waals surface area contributed by atoms with Gasteiger partial charge in [0.15, 0.2) is 0 Å². The Balaban J connectivity index is 2.78. The topological polar surface area (TPSA) is 58.4 Å². The van der Waals surface area contributed by atoms with Crippen molar-refractivity contribution in [2.24, 2.45) is 5.84 Å². The van der Waals surface area contributed by atoms with E-state index in [2.05, 4.69) is 18.6 Å². The zero-order chi connectivity index (χ0) is 13.5. The molecular weight excluding hydrogens is 246 g/mol. The number of anilines is 1. The number of nitrogens with two attached hydrogens (primary N) is 1. The van der Waals surface area contributed by atoms with Crippen molar-refractivity contribution in [2.45, 2.75) is 19.4 Å². The normalized spacial score (nSPS) is 12.0. The molecule has 0 fully saturated rings. The summed E-state index contributed by atoms with van der Waals surface area (Å²) >= 11 is 1.76. The van der Waals surface area contributed by atoms with Crippen molar-refractivity contribution in [3.05, 3.63) is 29.8 Å². The largest absolute Gasteiger partial charge is 0.338 e. The third kappa shape index (κ3) is 3.65. The Kier molecular flexibility index (Phi) is 6.01. The molecule has 0 radical (unpaired) electrons. The van der Waals surface area contributed by atoms with Crippen molar-refractivity contribution in [3.8, 4) is 0 Å². The summed E-state index contributed by atoms with van der Waals surface area (Å²) in [5, 5.41) is 0. The van der Waals surface area contributed by atoms with Gasteiger partial charge in [0.25, 0.3) is 5.91 Å². The maximum atomic E-state index is 12.3. The molecule has 0 bridgehead atoms. The van der Waals surface area contributed by atoms with Gasteiger partial charge in [0.2, 0.25) is 0 Å². The highest BCUT2D eigenvalue weighted by atomic mass is 32.2. The van der Waals surface area contributed by atoms with Crippen LogP contribution in [0.5, 0.6) is 0 Å². The Morgan fingerprint density at radius 3 is 2.50 bits per heavy atom. The number of hydrogen-bond donors (Lipinski definition) is 2. The van der Waals surface area contributed by atoms with Crippen molar-refractivity contribution in [1.82, 2.24) is 4.90 Å². The maximum Gasteiger partial charge on any atom is 0.253 e. The fourth-order valence-corrected chi connectivity index (χ4v) is 2.62. The molecule has 1 rings (SSSR count). The molecule has 0 saturated heterocycles. The maximum absolute atomic E-state index is 12.3. The molecule has 1 unspecified atom stereocenters. The van der Waals surface area contributed by atoms with Crippen LogP contribution in [0.2, 0.25) is 0 Å². The average molecular weight is 267 g/mol. The zero-order valence-corrected chi connectivity index (χ0v) is 12.0. The number of amides is 1. The van der Waals surface area contributed by atoms with Gasteiger partial charge in [-0.15, -0.1) is 0 Å². The van der Waals surface area contributed by atoms with E-state index in [0.29, 0.717) is 5.56 Å². The molecule has 5 heteroatoms. The molecule has 1 amide bonds. The molecule has 3 N–H and O–H groups in total. The van der Waals surface area contributed by atoms with Gasteiger partial charge < -0.3 is 10.3 Å². The predicted octanol–water partition coefficient (Wildman–Crippen LogP) is 2.19. The Morgan fingerprint density at radius 2 is 2.06 bits per heavy atom. The van der Waals surface area contributed by atoms with Crippen LogP contribution in [-0.4, -0.2) is 35.9 Å². The molecule has 0 aromatic heterocycles. The van der Waals surface area contributed by atoms with Gasteiger partial charge in [-0.1, -0.05) is 6.92 Å². The molecule has 0 aliphatic rings. The van der Waals surface area contributed by atoms with Crippen LogP contribution in [0.3, 0.4) is 0 Å². The summed E-state index contributed by atoms with van der Waals surface area (Å²) in [5.74, 6) is 6.31. The van der Waals surface area contributed by atoms with E-state index in [1.165, 1.54) is 0 Å². The molecule has 100 valence electrons. The summed E-state index contributed by atoms with van der Waals surface area (Å²) in [6, 6.07) is 7.46. The third-order valence-corrected chi connectivity index (χ3v) is 3.71. The lowest BCUT2D eigenvalue weighted by atomic mass is 10.1. The number of thioether (sulfide) groups is 1. The average Bonchev–Trinajstić information content (AvgIpc) is 2.43. The molecule has 0 heterocycles. The van der Waals surface area contributed by atoms with E-state index in [9.17, 15) is 4.79 Å². The number of carbonyl (C=O) groups is 1. The van der Waals surface area contributed by atoms with Gasteiger partial charge in [-0.3, -0.25) is 10.6 Å². The monoisotopic (exact) mass is 267 g/mol. The second-order valence-electron chi connectivity index (χ2n) is 4.16. The number of hydrogen-bond acceptors (Lipinski definition) is 4. The summed E-state index contributed by atoms with van der Waals surface area (Å²) in [7, 11) is 1.86. The predicted molar refractivity (Wildman–Crippen MR) is 78.8 cm³/mol. The van der Waals surface area contributed by atoms with E-state index in [0.717, 1.165) is 17.9 Å². The van der Waals surface area contributed by atoms with Crippen LogP contribution in [0.4, 0.5) is 5.69 Å². The molecule has 0 saturated carbocycles. The number of hydrazine groups is 1. The SMILES string of the molecule is CCC(CSC)N(C)C(=O)c1ccc(NN)cc1. The molecule has 0 spiro atoms. The Bertz CT molecular complexity index is 380. The highest BCUT2D eigenvalue weighted by Gasteiger charge is 2.19. The number of nitrogen functional groups attached to an aromatic ring is 1. The van der Waals surface area contributed by atoms with Gasteiger partial charge in [0.05, 0.1) is 0 Å². The van der Waals surface area contributed by atoms with Crippen LogP contribution < -0.4 is 11.3 Å². The van der Waals surface area contributed by atoms with Gasteiger partial charge in [-0.05, 0) is 36.9 Å². The smallest absolute Gasteiger partial charge is 0.253 e. The highest BCUT2D eigenvalue weighted by Crippen LogP contribution is 2.14. The van der Waals surface area contributed by atoms with Crippen LogP contribution in [0.1, 0.15) is 23.7 Å². The van der Waals surface area contributed by atoms with Crippen LogP contribution in [0.25, 0.3) is 0 Å². The van der Waals surface area contributed by atoms with Crippen molar-refractivity contribution in [3.63, 3.8) is 0 Å². The molecule has 0 aliphatic carbocycles. The van der Waals surface area contributed by atoms with Gasteiger partial charge in [0, 0.05) is 30.1 Å². The second kappa shape index (κ2) is 7.28. The molecular formula is C13H21N3OS. The first-order valence-electron chi connectivity index (χ1n) is 5.96. The summed E-state index contributed by atoms with van der Waals surface area (Å²) in [5.41, 5.74) is 4.04. The van der Waals surface area contributed by atoms with Crippen molar-refractivity contribution in [1.29, 1.82) is 0 Å². The first-order chi connectivity index (χ1) is 8.63. The van der Waals surface area contributed by atoms with Crippen LogP contribution in [0, 0.1) is 0 Å². The van der Waals surface area contributed by atoms with Crippen LogP contribution in [0.15, 0.2) is 24.3 Å². The Labute approximate surface area is 113 Å². The second-order valence-corrected chi connectivity index (χ2v) is 5.07. The lowest BCUT2D eigenvalue weighted by Crippen LogP contribution is -2.38. The van der Waals surface area contributed by atoms with E-state index in [-0.39, 0.29) is 11.9 Å². The quantitative estimate of drug-likeness (QED) is 0.613. The van der Waals surface area contributed by atoms with Crippen molar-refractivity contribution >= 4 is 23.4 Å². The highest BCUT2D eigenvalue weighted by molar-refractivity contribution is 7.98. The van der Waals surface area contributed by atoms with E-state index < -0.39 is 0 Å². The molecule has 1 aromatic carbocycles. The Hall–Kier alpha value is -1.20. The number of nitrogens with one attached hydrogen (secondary N) is 1. The fraction of sp³-hybridized carbons (Fsp3) is 0.462. The molecule has 1 atom stereocenters. The number of benzene rings is 1. The van der Waals surface area contributed by atoms with Gasteiger partial charge in [0.1, 0.15) is 0 Å². The lowest BCUT2D eigenvalue weighted by molar-refractivity contribution is 0.0743. The lowest BCUT2D eigenvalue weighted by Gasteiger charge is -2.26. The van der Waals surface area contributed by atoms with E-state index >= 15 is 0 Å². The minimum atomic E-state index is 0.0551. The van der Waals surface area contributed by atoms with Gasteiger partial charge >= 0.3 is 0 Å². The minimum Gasteiger partial charge on any atom is -0.338 e. The summed E-state index contributed by atoms with van der Waals surface area (Å²) in [6.45, 7) is 2.10. The molecule has 4 nitrogen and oxygen atoms in total. The summed E-state index contributed by atoms with van der Waals surface area (Å²) in [6.07, 6.45) is 3.02. The Morgan fingerprint density at radius 1 is 1.44 bits per heavy atom. The number of carbonyl (C=O) groups excluding carboxylic acids is 1. The van der Waals surface area contributed by atoms with Crippen molar-refractivity contribution in [2.75, 3.05) is 24.5 Å². The first-order valence-corrected chi connectivity index (χ1v) is 7.36. The standard InChI is InChI=1S/C13H21N3OS/c1-4-12(9-18-3)16(2)13(17)10-5-7-11(15-14)8-6-10/h5-8,12,15H,4,9,14H2,1-3H3. The van der Waals surface area contributed by atoms with E-state index in [1.807, 2.05) is 11.9 Å². The summed E-state index contributed by atoms with van der Waals surface area (Å²) in [4.78, 5) is 14.1. The van der Waals surface area contributed by atoms with E-state index in [4.69, 9.17) is 5.84 Å². The van der Waals surface area contributed by atoms with Crippen LogP contribution >= 0.6 is 11.8 Å². The minimum absolute atomic E-state index is 0.0551. The molecule has 18 heavy (non-hydrogen) atoms. The molecule has 0 aliphatic heterocycles. The van der Waals surface area contributed by atoms with E-state index in [1.54, 1.807) is 36.0 Å². The molecule has 1 aromatic rings. The van der Waals surface area contributed by atoms with Gasteiger partial charge in [-0.2, -0.15) is 11.8 Å². The zero-order valence-electron chi connectivity index (χ0n) is 11.1. The number of rotatable bonds is 6. The number of nitrogens with zero attached hydrogens (tertiary/aromatic N) is 1. The first kappa shape index (κ1) is 14.9. The van der Waals surface area contributed by atoms with Crippen LogP contribution in [-0.2, 0) is 0 Å². The third-order valence-electron chi connectivity index (χ3n) is 3.00. The van der Waals surface area contributed by atoms with Crippen molar-refractivity contribution < 1.29 is 4.79 Å².